The van der Waals surface area contributed by atoms with Crippen LogP contribution < -0.4 is 32.3 Å². The van der Waals surface area contributed by atoms with Gasteiger partial charge in [-0.15, -0.1) is 24.8 Å². The molecule has 1 aliphatic carbocycles. The van der Waals surface area contributed by atoms with Crippen molar-refractivity contribution in [2.24, 2.45) is 5.73 Å². The first-order valence-electron chi connectivity index (χ1n) is 9.07. The van der Waals surface area contributed by atoms with Crippen LogP contribution in [0.4, 0.5) is 18.0 Å². The topological polar surface area (TPSA) is 112 Å². The van der Waals surface area contributed by atoms with E-state index < -0.39 is 30.2 Å². The molecule has 27 heavy (non-hydrogen) atoms. The maximum Gasteiger partial charge on any atom is 0.522 e. The highest BCUT2D eigenvalue weighted by atomic mass is 35.5. The first-order chi connectivity index (χ1) is 12.7. The van der Waals surface area contributed by atoms with Crippen LogP contribution >= 0.6 is 11.6 Å². The van der Waals surface area contributed by atoms with E-state index in [1.807, 2.05) is 6.92 Å². The number of halogens is 4. The van der Waals surface area contributed by atoms with Gasteiger partial charge < -0.3 is 21.7 Å². The molecule has 0 aromatic carbocycles. The first-order valence-corrected chi connectivity index (χ1v) is 9.51. The highest BCUT2D eigenvalue weighted by molar-refractivity contribution is 6.21. The summed E-state index contributed by atoms with van der Waals surface area (Å²) in [6, 6.07) is -0.558. The third-order valence-corrected chi connectivity index (χ3v) is 5.01. The molecule has 0 aromatic heterocycles. The Balaban J connectivity index is 1.75. The van der Waals surface area contributed by atoms with E-state index in [4.69, 9.17) is 17.3 Å². The Kier molecular flexibility index (Phi) is 8.38. The summed E-state index contributed by atoms with van der Waals surface area (Å²) in [4.78, 5) is 12.2. The smallest absolute Gasteiger partial charge is 0.335 e. The number of rotatable bonds is 6. The van der Waals surface area contributed by atoms with Gasteiger partial charge in [-0.1, -0.05) is 0 Å². The zero-order chi connectivity index (χ0) is 20.0. The van der Waals surface area contributed by atoms with Gasteiger partial charge in [0, 0.05) is 25.2 Å². The fraction of sp³-hybridized carbons (Fsp3) is 0.933. The van der Waals surface area contributed by atoms with Gasteiger partial charge in [0.2, 0.25) is 0 Å². The lowest BCUT2D eigenvalue weighted by atomic mass is 9.92. The largest absolute Gasteiger partial charge is 0.522 e. The molecule has 2 fully saturated rings. The molecule has 7 N–H and O–H groups in total. The summed E-state index contributed by atoms with van der Waals surface area (Å²) in [7, 11) is 0. The van der Waals surface area contributed by atoms with E-state index in [9.17, 15) is 18.0 Å². The molecule has 1 aliphatic heterocycles. The Bertz CT molecular complexity index is 487. The minimum atomic E-state index is -4.71. The van der Waals surface area contributed by atoms with Gasteiger partial charge >= 0.3 is 12.4 Å². The maximum atomic E-state index is 12.3. The van der Waals surface area contributed by atoms with Gasteiger partial charge in [0.15, 0.2) is 0 Å². The van der Waals surface area contributed by atoms with Gasteiger partial charge in [-0.3, -0.25) is 15.4 Å². The van der Waals surface area contributed by atoms with Crippen molar-refractivity contribution in [2.75, 3.05) is 13.1 Å². The highest BCUT2D eigenvalue weighted by Crippen LogP contribution is 2.31. The van der Waals surface area contributed by atoms with Crippen LogP contribution in [-0.4, -0.2) is 61.5 Å². The number of ether oxygens (including phenoxy) is 1. The number of nitrogens with one attached hydrogen (secondary N) is 5. The van der Waals surface area contributed by atoms with E-state index in [2.05, 4.69) is 31.3 Å². The summed E-state index contributed by atoms with van der Waals surface area (Å²) in [5.74, 6) is 0. The number of hydrogen-bond acceptors (Lipinski definition) is 6. The Morgan fingerprint density at radius 2 is 2.00 bits per heavy atom. The first kappa shape index (κ1) is 22.4. The van der Waals surface area contributed by atoms with Crippen LogP contribution in [0.25, 0.3) is 0 Å². The number of urea groups is 1. The van der Waals surface area contributed by atoms with E-state index in [0.29, 0.717) is 19.5 Å². The second-order valence-electron chi connectivity index (χ2n) is 6.94. The summed E-state index contributed by atoms with van der Waals surface area (Å²) in [5, 5.41) is 14.4. The zero-order valence-corrected chi connectivity index (χ0v) is 15.9. The van der Waals surface area contributed by atoms with Crippen molar-refractivity contribution in [3.05, 3.63) is 0 Å². The third-order valence-electron chi connectivity index (χ3n) is 4.55. The summed E-state index contributed by atoms with van der Waals surface area (Å²) >= 11 is 6.01. The average molecular weight is 417 g/mol. The van der Waals surface area contributed by atoms with E-state index in [-0.39, 0.29) is 31.1 Å². The van der Waals surface area contributed by atoms with Crippen molar-refractivity contribution in [3.63, 3.8) is 0 Å². The average Bonchev–Trinajstić information content (AvgIpc) is 2.54. The Morgan fingerprint density at radius 1 is 1.26 bits per heavy atom. The van der Waals surface area contributed by atoms with Gasteiger partial charge in [0.05, 0.1) is 17.6 Å². The van der Waals surface area contributed by atoms with Gasteiger partial charge in [0.25, 0.3) is 0 Å². The zero-order valence-electron chi connectivity index (χ0n) is 15.1. The number of alkyl halides is 4. The SMILES string of the molecule is CC1CC(NCCN)NC(NC(=O)NC2CCC(OC(F)(F)F)C(Cl)C2)N1. The lowest BCUT2D eigenvalue weighted by Gasteiger charge is -2.37. The van der Waals surface area contributed by atoms with Crippen LogP contribution in [-0.2, 0) is 4.74 Å². The molecule has 2 rings (SSSR count). The van der Waals surface area contributed by atoms with E-state index in [1.165, 1.54) is 0 Å². The van der Waals surface area contributed by atoms with Crippen molar-refractivity contribution in [1.82, 2.24) is 26.6 Å². The number of amides is 2. The predicted octanol–water partition coefficient (Wildman–Crippen LogP) is 0.480. The molecule has 0 spiro atoms. The molecular weight excluding hydrogens is 389 g/mol. The third kappa shape index (κ3) is 7.96. The van der Waals surface area contributed by atoms with Crippen molar-refractivity contribution in [2.45, 2.75) is 75.0 Å². The number of carbonyl (C=O) groups is 1. The van der Waals surface area contributed by atoms with Crippen molar-refractivity contribution < 1.29 is 22.7 Å². The molecule has 0 aromatic rings. The van der Waals surface area contributed by atoms with E-state index >= 15 is 0 Å². The van der Waals surface area contributed by atoms with Crippen LogP contribution in [0.1, 0.15) is 32.6 Å². The molecule has 0 radical (unpaired) electrons. The lowest BCUT2D eigenvalue weighted by molar-refractivity contribution is -0.344. The minimum Gasteiger partial charge on any atom is -0.335 e. The Labute approximate surface area is 161 Å². The van der Waals surface area contributed by atoms with Gasteiger partial charge in [-0.2, -0.15) is 0 Å². The number of carbonyl (C=O) groups excluding carboxylic acids is 1. The van der Waals surface area contributed by atoms with Crippen LogP contribution in [0.15, 0.2) is 0 Å². The fourth-order valence-corrected chi connectivity index (χ4v) is 3.78. The molecule has 2 aliphatic rings. The van der Waals surface area contributed by atoms with Crippen molar-refractivity contribution >= 4 is 17.6 Å². The number of nitrogens with two attached hydrogens (primary N) is 1. The predicted molar refractivity (Wildman–Crippen MR) is 94.9 cm³/mol. The quantitative estimate of drug-likeness (QED) is 0.351. The summed E-state index contributed by atoms with van der Waals surface area (Å²) in [6.45, 7) is 3.17. The molecule has 1 saturated heterocycles. The second-order valence-corrected chi connectivity index (χ2v) is 7.50. The van der Waals surface area contributed by atoms with Crippen molar-refractivity contribution in [1.29, 1.82) is 0 Å². The van der Waals surface area contributed by atoms with E-state index in [0.717, 1.165) is 6.42 Å². The fourth-order valence-electron chi connectivity index (χ4n) is 3.39. The van der Waals surface area contributed by atoms with Crippen LogP contribution in [0.2, 0.25) is 0 Å². The normalized spacial score (nSPS) is 34.9. The molecule has 6 unspecified atom stereocenters. The summed E-state index contributed by atoms with van der Waals surface area (Å²) < 4.78 is 41.0. The standard InChI is InChI=1S/C15H28ClF3N6O2/c1-8-6-12(21-5-4-20)24-13(22-8)25-14(26)23-9-2-3-11(10(16)7-9)27-15(17,18)19/h8-13,21-22,24H,2-7,20H2,1H3,(H2,23,25,26). The lowest BCUT2D eigenvalue weighted by Crippen LogP contribution is -2.68. The maximum absolute atomic E-state index is 12.3. The molecule has 1 saturated carbocycles. The van der Waals surface area contributed by atoms with Crippen molar-refractivity contribution in [3.8, 4) is 0 Å². The Hall–Kier alpha value is -0.850. The van der Waals surface area contributed by atoms with Gasteiger partial charge in [-0.05, 0) is 32.6 Å². The molecule has 2 amide bonds. The summed E-state index contributed by atoms with van der Waals surface area (Å²) in [5.41, 5.74) is 5.49. The monoisotopic (exact) mass is 416 g/mol. The number of hydrogen-bond donors (Lipinski definition) is 6. The minimum absolute atomic E-state index is 0.0114. The second kappa shape index (κ2) is 10.1. The molecule has 158 valence electrons. The molecule has 6 atom stereocenters. The van der Waals surface area contributed by atoms with Gasteiger partial charge in [-0.25, -0.2) is 4.79 Å². The molecule has 12 heteroatoms. The molecule has 1 heterocycles. The molecule has 8 nitrogen and oxygen atoms in total. The summed E-state index contributed by atoms with van der Waals surface area (Å²) in [6.07, 6.45) is -4.71. The Morgan fingerprint density at radius 3 is 2.63 bits per heavy atom. The van der Waals surface area contributed by atoms with Crippen LogP contribution in [0, 0.1) is 0 Å². The van der Waals surface area contributed by atoms with E-state index in [1.54, 1.807) is 0 Å². The van der Waals surface area contributed by atoms with Gasteiger partial charge in [0.1, 0.15) is 6.29 Å². The van der Waals surface area contributed by atoms with Crippen LogP contribution in [0.3, 0.4) is 0 Å². The highest BCUT2D eigenvalue weighted by Gasteiger charge is 2.39. The molecular formula is C15H28ClF3N6O2. The van der Waals surface area contributed by atoms with Crippen LogP contribution in [0.5, 0.6) is 0 Å². The molecule has 0 bridgehead atoms.